The molecule has 0 heterocycles. The Morgan fingerprint density at radius 3 is 1.15 bits per heavy atom. The standard InChI is InChI=1S/C56H103NO3/c1-3-5-7-9-11-13-14-15-16-17-18-19-20-21-22-23-24-25-26-27-28-29-30-31-32-33-34-35-36-37-38-39-40-41-42-44-46-48-50-52-56(60)57-54(53-58)55(59)51-49-47-45-43-12-10-8-6-4-2/h4,6,12,24-25,27-28,43,49,51,54-55,58-59H,3,5,7-11,13-23,26,29-42,44-48,50,52-53H2,1-2H3,(H,57,60)/b6-4+,25-24-,28-27-,43-12+,51-49+. The zero-order chi connectivity index (χ0) is 43.5. The molecule has 4 nitrogen and oxygen atoms in total. The van der Waals surface area contributed by atoms with Crippen molar-refractivity contribution < 1.29 is 15.0 Å². The molecule has 0 saturated carbocycles. The Labute approximate surface area is 375 Å². The Kier molecular flexibility index (Phi) is 49.8. The van der Waals surface area contributed by atoms with Crippen LogP contribution >= 0.6 is 0 Å². The quantitative estimate of drug-likeness (QED) is 0.0422. The van der Waals surface area contributed by atoms with Crippen molar-refractivity contribution in [2.24, 2.45) is 0 Å². The molecular formula is C56H103NO3. The van der Waals surface area contributed by atoms with Crippen LogP contribution in [-0.4, -0.2) is 34.9 Å². The second-order valence-corrected chi connectivity index (χ2v) is 17.9. The van der Waals surface area contributed by atoms with Gasteiger partial charge in [-0.1, -0.05) is 254 Å². The first-order chi connectivity index (χ1) is 29.7. The molecule has 0 aliphatic rings. The monoisotopic (exact) mass is 838 g/mol. The van der Waals surface area contributed by atoms with E-state index in [1.54, 1.807) is 6.08 Å². The van der Waals surface area contributed by atoms with E-state index in [0.29, 0.717) is 6.42 Å². The smallest absolute Gasteiger partial charge is 0.220 e. The van der Waals surface area contributed by atoms with Crippen LogP contribution in [0.1, 0.15) is 271 Å². The van der Waals surface area contributed by atoms with Crippen LogP contribution in [0, 0.1) is 0 Å². The van der Waals surface area contributed by atoms with Gasteiger partial charge in [0.2, 0.25) is 5.91 Å². The second kappa shape index (κ2) is 51.4. The number of unbranched alkanes of at least 4 members (excludes halogenated alkanes) is 34. The molecule has 0 saturated heterocycles. The molecule has 350 valence electrons. The number of carbonyl (C=O) groups excluding carboxylic acids is 1. The minimum absolute atomic E-state index is 0.0806. The Balaban J connectivity index is 3.39. The summed E-state index contributed by atoms with van der Waals surface area (Å²) in [4.78, 5) is 12.4. The summed E-state index contributed by atoms with van der Waals surface area (Å²) in [6, 6.07) is -0.644. The summed E-state index contributed by atoms with van der Waals surface area (Å²) in [5, 5.41) is 22.9. The third-order valence-corrected chi connectivity index (χ3v) is 12.0. The first-order valence-corrected chi connectivity index (χ1v) is 26.5. The minimum atomic E-state index is -0.869. The first kappa shape index (κ1) is 58.1. The number of rotatable bonds is 48. The van der Waals surface area contributed by atoms with Crippen molar-refractivity contribution in [3.63, 3.8) is 0 Å². The zero-order valence-corrected chi connectivity index (χ0v) is 40.2. The highest BCUT2D eigenvalue weighted by molar-refractivity contribution is 5.76. The van der Waals surface area contributed by atoms with Gasteiger partial charge in [0.25, 0.3) is 0 Å². The van der Waals surface area contributed by atoms with E-state index in [4.69, 9.17) is 0 Å². The lowest BCUT2D eigenvalue weighted by Crippen LogP contribution is -2.45. The number of nitrogens with one attached hydrogen (secondary N) is 1. The molecule has 2 atom stereocenters. The average molecular weight is 838 g/mol. The van der Waals surface area contributed by atoms with Crippen LogP contribution < -0.4 is 5.32 Å². The molecule has 2 unspecified atom stereocenters. The van der Waals surface area contributed by atoms with Crippen molar-refractivity contribution in [2.75, 3.05) is 6.61 Å². The summed E-state index contributed by atoms with van der Waals surface area (Å²) >= 11 is 0. The molecule has 0 spiro atoms. The normalized spacial score (nSPS) is 13.3. The number of allylic oxidation sites excluding steroid dienone is 9. The minimum Gasteiger partial charge on any atom is -0.394 e. The molecule has 3 N–H and O–H groups in total. The molecule has 0 fully saturated rings. The number of carbonyl (C=O) groups is 1. The summed E-state index contributed by atoms with van der Waals surface area (Å²) in [5.74, 6) is -0.0806. The molecular weight excluding hydrogens is 735 g/mol. The molecule has 0 rings (SSSR count). The highest BCUT2D eigenvalue weighted by Crippen LogP contribution is 2.16. The summed E-state index contributed by atoms with van der Waals surface area (Å²) < 4.78 is 0. The second-order valence-electron chi connectivity index (χ2n) is 17.9. The van der Waals surface area contributed by atoms with Crippen LogP contribution in [0.25, 0.3) is 0 Å². The van der Waals surface area contributed by atoms with Crippen LogP contribution in [0.4, 0.5) is 0 Å². The van der Waals surface area contributed by atoms with Crippen LogP contribution in [0.3, 0.4) is 0 Å². The summed E-state index contributed by atoms with van der Waals surface area (Å²) in [6.07, 6.45) is 72.8. The van der Waals surface area contributed by atoms with E-state index in [1.807, 2.05) is 13.0 Å². The highest BCUT2D eigenvalue weighted by atomic mass is 16.3. The van der Waals surface area contributed by atoms with Crippen molar-refractivity contribution in [2.45, 2.75) is 283 Å². The van der Waals surface area contributed by atoms with E-state index >= 15 is 0 Å². The maximum absolute atomic E-state index is 12.4. The number of aliphatic hydroxyl groups is 2. The fraction of sp³-hybridized carbons (Fsp3) is 0.804. The van der Waals surface area contributed by atoms with Crippen LogP contribution in [0.2, 0.25) is 0 Å². The average Bonchev–Trinajstić information content (AvgIpc) is 3.25. The number of aliphatic hydroxyl groups excluding tert-OH is 2. The molecule has 0 aromatic heterocycles. The first-order valence-electron chi connectivity index (χ1n) is 26.5. The van der Waals surface area contributed by atoms with Crippen molar-refractivity contribution in [3.05, 3.63) is 60.8 Å². The van der Waals surface area contributed by atoms with Crippen molar-refractivity contribution in [1.29, 1.82) is 0 Å². The van der Waals surface area contributed by atoms with Gasteiger partial charge in [-0.3, -0.25) is 4.79 Å². The number of amides is 1. The van der Waals surface area contributed by atoms with E-state index in [1.165, 1.54) is 205 Å². The maximum atomic E-state index is 12.4. The molecule has 0 aliphatic heterocycles. The molecule has 60 heavy (non-hydrogen) atoms. The summed E-state index contributed by atoms with van der Waals surface area (Å²) in [6.45, 7) is 4.07. The van der Waals surface area contributed by atoms with Crippen molar-refractivity contribution in [3.8, 4) is 0 Å². The largest absolute Gasteiger partial charge is 0.394 e. The molecule has 1 amide bonds. The molecule has 0 aromatic rings. The van der Waals surface area contributed by atoms with Gasteiger partial charge in [-0.2, -0.15) is 0 Å². The molecule has 4 heteroatoms. The Morgan fingerprint density at radius 1 is 0.433 bits per heavy atom. The van der Waals surface area contributed by atoms with Gasteiger partial charge in [0.15, 0.2) is 0 Å². The van der Waals surface area contributed by atoms with Gasteiger partial charge < -0.3 is 15.5 Å². The highest BCUT2D eigenvalue weighted by Gasteiger charge is 2.17. The number of hydrogen-bond acceptors (Lipinski definition) is 3. The van der Waals surface area contributed by atoms with Gasteiger partial charge in [0, 0.05) is 6.42 Å². The fourth-order valence-electron chi connectivity index (χ4n) is 8.01. The van der Waals surface area contributed by atoms with Gasteiger partial charge in [-0.15, -0.1) is 0 Å². The zero-order valence-electron chi connectivity index (χ0n) is 40.2. The van der Waals surface area contributed by atoms with Crippen molar-refractivity contribution >= 4 is 5.91 Å². The van der Waals surface area contributed by atoms with Crippen LogP contribution in [-0.2, 0) is 4.79 Å². The third kappa shape index (κ3) is 47.1. The predicted molar refractivity (Wildman–Crippen MR) is 267 cm³/mol. The van der Waals surface area contributed by atoms with Gasteiger partial charge >= 0.3 is 0 Å². The maximum Gasteiger partial charge on any atom is 0.220 e. The summed E-state index contributed by atoms with van der Waals surface area (Å²) in [5.41, 5.74) is 0. The van der Waals surface area contributed by atoms with E-state index in [2.05, 4.69) is 60.8 Å². The van der Waals surface area contributed by atoms with Crippen molar-refractivity contribution in [1.82, 2.24) is 5.32 Å². The Hall–Kier alpha value is -1.91. The lowest BCUT2D eigenvalue weighted by Gasteiger charge is -2.19. The van der Waals surface area contributed by atoms with E-state index in [9.17, 15) is 15.0 Å². The van der Waals surface area contributed by atoms with E-state index in [0.717, 1.165) is 44.9 Å². The Morgan fingerprint density at radius 2 is 0.767 bits per heavy atom. The SMILES string of the molecule is C/C=C/CC/C=C/CC/C=C/C(O)C(CO)NC(=O)CCCCCCCCCCCCCCCCCCC/C=C\C/C=C\CCCCCCCCCCCCCCCCC. The molecule has 0 aliphatic carbocycles. The molecule has 0 radical (unpaired) electrons. The lowest BCUT2D eigenvalue weighted by molar-refractivity contribution is -0.123. The lowest BCUT2D eigenvalue weighted by atomic mass is 10.0. The van der Waals surface area contributed by atoms with Gasteiger partial charge in [-0.25, -0.2) is 0 Å². The van der Waals surface area contributed by atoms with Crippen LogP contribution in [0.5, 0.6) is 0 Å². The van der Waals surface area contributed by atoms with Gasteiger partial charge in [0.05, 0.1) is 18.8 Å². The Bertz CT molecular complexity index is 996. The topological polar surface area (TPSA) is 69.6 Å². The van der Waals surface area contributed by atoms with Gasteiger partial charge in [0.1, 0.15) is 0 Å². The van der Waals surface area contributed by atoms with E-state index < -0.39 is 12.1 Å². The predicted octanol–water partition coefficient (Wildman–Crippen LogP) is 17.2. The van der Waals surface area contributed by atoms with Gasteiger partial charge in [-0.05, 0) is 71.1 Å². The molecule has 0 bridgehead atoms. The summed E-state index contributed by atoms with van der Waals surface area (Å²) in [7, 11) is 0. The fourth-order valence-corrected chi connectivity index (χ4v) is 8.01. The van der Waals surface area contributed by atoms with Crippen LogP contribution in [0.15, 0.2) is 60.8 Å². The third-order valence-electron chi connectivity index (χ3n) is 12.0. The van der Waals surface area contributed by atoms with E-state index in [-0.39, 0.29) is 12.5 Å². The molecule has 0 aromatic carbocycles. The number of hydrogen-bond donors (Lipinski definition) is 3.